The lowest BCUT2D eigenvalue weighted by Gasteiger charge is -2.30. The van der Waals surface area contributed by atoms with Crippen LogP contribution in [0.1, 0.15) is 5.56 Å². The molecule has 0 atom stereocenters. The van der Waals surface area contributed by atoms with E-state index < -0.39 is 0 Å². The molecule has 0 radical (unpaired) electrons. The molecule has 1 amide bonds. The van der Waals surface area contributed by atoms with Crippen molar-refractivity contribution < 1.29 is 4.79 Å². The molecule has 134 valence electrons. The second kappa shape index (κ2) is 7.61. The second-order valence-electron chi connectivity index (χ2n) is 5.86. The highest BCUT2D eigenvalue weighted by molar-refractivity contribution is 7.99. The summed E-state index contributed by atoms with van der Waals surface area (Å²) >= 11 is 19.8. The van der Waals surface area contributed by atoms with Gasteiger partial charge in [-0.05, 0) is 54.1 Å². The topological polar surface area (TPSA) is 20.3 Å². The van der Waals surface area contributed by atoms with Crippen LogP contribution in [0.15, 0.2) is 76.5 Å². The Balaban J connectivity index is 1.74. The minimum Gasteiger partial charge on any atom is -0.275 e. The lowest BCUT2D eigenvalue weighted by molar-refractivity contribution is -0.113. The van der Waals surface area contributed by atoms with Gasteiger partial charge in [-0.25, -0.2) is 0 Å². The molecule has 0 saturated carbocycles. The van der Waals surface area contributed by atoms with Crippen LogP contribution in [0.5, 0.6) is 0 Å². The molecule has 0 bridgehead atoms. The maximum Gasteiger partial charge on any atom is 0.255 e. The molecular formula is C21H12Cl3NOS. The summed E-state index contributed by atoms with van der Waals surface area (Å²) in [5.41, 5.74) is 2.40. The summed E-state index contributed by atoms with van der Waals surface area (Å²) in [5.74, 6) is -0.169. The van der Waals surface area contributed by atoms with Crippen molar-refractivity contribution in [3.8, 4) is 0 Å². The second-order valence-corrected chi connectivity index (χ2v) is 8.20. The van der Waals surface area contributed by atoms with E-state index in [1.165, 1.54) is 6.08 Å². The standard InChI is InChI=1S/C21H12Cl3NOS/c22-14-7-9-20-18(12-14)25(17-3-1-2-4-19(17)27-20)21(26)10-6-13-5-8-15(23)16(24)11-13/h1-12H/b10-6+. The number of para-hydroxylation sites is 1. The minimum absolute atomic E-state index is 0.169. The molecule has 3 aromatic rings. The average Bonchev–Trinajstić information content (AvgIpc) is 2.67. The summed E-state index contributed by atoms with van der Waals surface area (Å²) in [4.78, 5) is 16.8. The fourth-order valence-corrected chi connectivity index (χ4v) is 4.33. The summed E-state index contributed by atoms with van der Waals surface area (Å²) in [6.45, 7) is 0. The Kier molecular flexibility index (Phi) is 5.20. The molecule has 0 N–H and O–H groups in total. The Bertz CT molecular complexity index is 1080. The Hall–Kier alpha value is -1.91. The van der Waals surface area contributed by atoms with Gasteiger partial charge in [-0.1, -0.05) is 64.8 Å². The number of hydrogen-bond acceptors (Lipinski definition) is 2. The summed E-state index contributed by atoms with van der Waals surface area (Å²) in [5, 5.41) is 1.51. The van der Waals surface area contributed by atoms with Gasteiger partial charge >= 0.3 is 0 Å². The molecule has 0 spiro atoms. The van der Waals surface area contributed by atoms with E-state index >= 15 is 0 Å². The quantitative estimate of drug-likeness (QED) is 0.391. The lowest BCUT2D eigenvalue weighted by Crippen LogP contribution is -2.26. The molecule has 0 unspecified atom stereocenters. The van der Waals surface area contributed by atoms with E-state index in [9.17, 15) is 4.79 Å². The van der Waals surface area contributed by atoms with Gasteiger partial charge in [0.2, 0.25) is 0 Å². The fraction of sp³-hybridized carbons (Fsp3) is 0. The third-order valence-corrected chi connectivity index (χ3v) is 6.17. The first-order valence-corrected chi connectivity index (χ1v) is 10.0. The molecule has 2 nitrogen and oxygen atoms in total. The van der Waals surface area contributed by atoms with Gasteiger partial charge in [0.15, 0.2) is 0 Å². The highest BCUT2D eigenvalue weighted by Crippen LogP contribution is 2.48. The van der Waals surface area contributed by atoms with Gasteiger partial charge in [0.05, 0.1) is 21.4 Å². The first kappa shape index (κ1) is 18.5. The normalized spacial score (nSPS) is 12.8. The van der Waals surface area contributed by atoms with E-state index in [2.05, 4.69) is 0 Å². The minimum atomic E-state index is -0.169. The van der Waals surface area contributed by atoms with Crippen LogP contribution < -0.4 is 4.90 Å². The highest BCUT2D eigenvalue weighted by Gasteiger charge is 2.27. The number of anilines is 2. The van der Waals surface area contributed by atoms with E-state index in [4.69, 9.17) is 34.8 Å². The van der Waals surface area contributed by atoms with Crippen LogP contribution >= 0.6 is 46.6 Å². The Morgan fingerprint density at radius 1 is 0.852 bits per heavy atom. The Labute approximate surface area is 176 Å². The first-order chi connectivity index (χ1) is 13.0. The van der Waals surface area contributed by atoms with Crippen LogP contribution in [0.25, 0.3) is 6.08 Å². The van der Waals surface area contributed by atoms with Crippen LogP contribution in [-0.4, -0.2) is 5.91 Å². The van der Waals surface area contributed by atoms with Crippen molar-refractivity contribution in [1.82, 2.24) is 0 Å². The van der Waals surface area contributed by atoms with E-state index in [1.54, 1.807) is 34.9 Å². The van der Waals surface area contributed by atoms with E-state index in [0.717, 1.165) is 26.7 Å². The fourth-order valence-electron chi connectivity index (χ4n) is 2.82. The van der Waals surface area contributed by atoms with Crippen molar-refractivity contribution in [3.63, 3.8) is 0 Å². The summed E-state index contributed by atoms with van der Waals surface area (Å²) in [6.07, 6.45) is 3.25. The zero-order valence-electron chi connectivity index (χ0n) is 13.8. The van der Waals surface area contributed by atoms with Crippen LogP contribution in [0.3, 0.4) is 0 Å². The van der Waals surface area contributed by atoms with Crippen molar-refractivity contribution >= 4 is 69.9 Å². The third-order valence-electron chi connectivity index (χ3n) is 4.07. The van der Waals surface area contributed by atoms with Crippen molar-refractivity contribution in [1.29, 1.82) is 0 Å². The summed E-state index contributed by atoms with van der Waals surface area (Å²) < 4.78 is 0. The number of amides is 1. The first-order valence-electron chi connectivity index (χ1n) is 8.06. The number of carbonyl (C=O) groups is 1. The van der Waals surface area contributed by atoms with Crippen LogP contribution in [0.2, 0.25) is 15.1 Å². The third kappa shape index (κ3) is 3.74. The maximum absolute atomic E-state index is 13.1. The smallest absolute Gasteiger partial charge is 0.255 e. The van der Waals surface area contributed by atoms with E-state index in [1.807, 2.05) is 48.5 Å². The lowest BCUT2D eigenvalue weighted by atomic mass is 10.2. The Morgan fingerprint density at radius 2 is 1.63 bits per heavy atom. The number of benzene rings is 3. The van der Waals surface area contributed by atoms with Gasteiger partial charge in [-0.3, -0.25) is 9.69 Å². The predicted octanol–water partition coefficient (Wildman–Crippen LogP) is 7.49. The van der Waals surface area contributed by atoms with Gasteiger partial charge in [-0.2, -0.15) is 0 Å². The van der Waals surface area contributed by atoms with Crippen molar-refractivity contribution in [2.75, 3.05) is 4.90 Å². The number of nitrogens with zero attached hydrogens (tertiary/aromatic N) is 1. The molecule has 0 saturated heterocycles. The molecule has 0 fully saturated rings. The molecule has 6 heteroatoms. The number of rotatable bonds is 2. The molecule has 0 aromatic heterocycles. The zero-order valence-corrected chi connectivity index (χ0v) is 16.9. The monoisotopic (exact) mass is 431 g/mol. The number of halogens is 3. The van der Waals surface area contributed by atoms with Gasteiger partial charge in [0.1, 0.15) is 0 Å². The maximum atomic E-state index is 13.1. The molecule has 1 aliphatic heterocycles. The van der Waals surface area contributed by atoms with E-state index in [-0.39, 0.29) is 5.91 Å². The van der Waals surface area contributed by atoms with Crippen molar-refractivity contribution in [3.05, 3.63) is 87.4 Å². The average molecular weight is 433 g/mol. The van der Waals surface area contributed by atoms with Crippen molar-refractivity contribution in [2.24, 2.45) is 0 Å². The van der Waals surface area contributed by atoms with Crippen LogP contribution in [0.4, 0.5) is 11.4 Å². The van der Waals surface area contributed by atoms with Crippen molar-refractivity contribution in [2.45, 2.75) is 9.79 Å². The summed E-state index contributed by atoms with van der Waals surface area (Å²) in [7, 11) is 0. The van der Waals surface area contributed by atoms with Crippen LogP contribution in [0, 0.1) is 0 Å². The molecule has 0 aliphatic carbocycles. The molecular weight excluding hydrogens is 421 g/mol. The molecule has 27 heavy (non-hydrogen) atoms. The molecule has 1 heterocycles. The van der Waals surface area contributed by atoms with Gasteiger partial charge < -0.3 is 0 Å². The van der Waals surface area contributed by atoms with E-state index in [0.29, 0.717) is 15.1 Å². The number of carbonyl (C=O) groups excluding carboxylic acids is 1. The van der Waals surface area contributed by atoms with Crippen LogP contribution in [-0.2, 0) is 4.79 Å². The zero-order chi connectivity index (χ0) is 19.0. The summed E-state index contributed by atoms with van der Waals surface area (Å²) in [6, 6.07) is 18.6. The van der Waals surface area contributed by atoms with Gasteiger partial charge in [-0.15, -0.1) is 0 Å². The van der Waals surface area contributed by atoms with Gasteiger partial charge in [0.25, 0.3) is 5.91 Å². The molecule has 3 aromatic carbocycles. The SMILES string of the molecule is O=C(/C=C/c1ccc(Cl)c(Cl)c1)N1c2ccccc2Sc2ccc(Cl)cc21. The Morgan fingerprint density at radius 3 is 2.44 bits per heavy atom. The molecule has 4 rings (SSSR count). The highest BCUT2D eigenvalue weighted by atomic mass is 35.5. The predicted molar refractivity (Wildman–Crippen MR) is 115 cm³/mol. The largest absolute Gasteiger partial charge is 0.275 e. The number of fused-ring (bicyclic) bond motifs is 2. The molecule has 1 aliphatic rings. The number of hydrogen-bond donors (Lipinski definition) is 0. The van der Waals surface area contributed by atoms with Gasteiger partial charge in [0, 0.05) is 20.9 Å².